The van der Waals surface area contributed by atoms with E-state index in [0.29, 0.717) is 50.7 Å². The molecule has 0 aromatic heterocycles. The standard InChI is InChI=1S/C24H27ClN2O4S/c25-22-8-6-20(7-9-22)23-18-26(15-16-31-23)24(28)21-10-13-27(14-11-21)32(29,30)17-12-19-4-2-1-3-5-19/h1-9,12,17,21,23H,10-11,13-16,18H2/b17-12+. The molecule has 1 amide bonds. The van der Waals surface area contributed by atoms with E-state index in [-0.39, 0.29) is 17.9 Å². The third-order valence-electron chi connectivity index (χ3n) is 6.02. The lowest BCUT2D eigenvalue weighted by Crippen LogP contribution is -2.48. The van der Waals surface area contributed by atoms with Gasteiger partial charge in [0.2, 0.25) is 15.9 Å². The molecule has 6 nitrogen and oxygen atoms in total. The van der Waals surface area contributed by atoms with Gasteiger partial charge < -0.3 is 9.64 Å². The Morgan fingerprint density at radius 2 is 1.69 bits per heavy atom. The maximum absolute atomic E-state index is 13.1. The predicted octanol–water partition coefficient (Wildman–Crippen LogP) is 3.95. The van der Waals surface area contributed by atoms with Gasteiger partial charge in [-0.05, 0) is 42.2 Å². The number of carbonyl (C=O) groups excluding carboxylic acids is 1. The van der Waals surface area contributed by atoms with Gasteiger partial charge in [0.05, 0.1) is 13.2 Å². The zero-order valence-electron chi connectivity index (χ0n) is 17.8. The molecule has 1 atom stereocenters. The first-order valence-corrected chi connectivity index (χ1v) is 12.7. The van der Waals surface area contributed by atoms with Crippen molar-refractivity contribution in [1.29, 1.82) is 0 Å². The molecular formula is C24H27ClN2O4S. The molecule has 2 aromatic rings. The molecule has 4 rings (SSSR count). The van der Waals surface area contributed by atoms with Crippen molar-refractivity contribution in [1.82, 2.24) is 9.21 Å². The van der Waals surface area contributed by atoms with Gasteiger partial charge in [-0.1, -0.05) is 54.1 Å². The number of piperidine rings is 1. The van der Waals surface area contributed by atoms with Gasteiger partial charge in [0.15, 0.2) is 0 Å². The van der Waals surface area contributed by atoms with E-state index in [9.17, 15) is 13.2 Å². The largest absolute Gasteiger partial charge is 0.370 e. The summed E-state index contributed by atoms with van der Waals surface area (Å²) >= 11 is 5.97. The summed E-state index contributed by atoms with van der Waals surface area (Å²) in [5.41, 5.74) is 1.83. The fourth-order valence-corrected chi connectivity index (χ4v) is 5.51. The summed E-state index contributed by atoms with van der Waals surface area (Å²) in [6.07, 6.45) is 2.49. The summed E-state index contributed by atoms with van der Waals surface area (Å²) < 4.78 is 32.7. The number of carbonyl (C=O) groups is 1. The Labute approximate surface area is 194 Å². The molecule has 32 heavy (non-hydrogen) atoms. The Kier molecular flexibility index (Phi) is 7.30. The van der Waals surface area contributed by atoms with Crippen LogP contribution >= 0.6 is 11.6 Å². The summed E-state index contributed by atoms with van der Waals surface area (Å²) in [5, 5.41) is 1.92. The minimum atomic E-state index is -3.51. The van der Waals surface area contributed by atoms with Gasteiger partial charge in [-0.3, -0.25) is 4.79 Å². The van der Waals surface area contributed by atoms with E-state index in [1.165, 1.54) is 9.71 Å². The maximum atomic E-state index is 13.1. The van der Waals surface area contributed by atoms with Crippen LogP contribution in [0.15, 0.2) is 60.0 Å². The van der Waals surface area contributed by atoms with Crippen LogP contribution in [0.3, 0.4) is 0 Å². The fourth-order valence-electron chi connectivity index (χ4n) is 4.16. The molecule has 2 aliphatic heterocycles. The number of rotatable bonds is 5. The first-order valence-electron chi connectivity index (χ1n) is 10.8. The lowest BCUT2D eigenvalue weighted by molar-refractivity contribution is -0.144. The highest BCUT2D eigenvalue weighted by Gasteiger charge is 2.34. The van der Waals surface area contributed by atoms with Gasteiger partial charge in [0.1, 0.15) is 6.10 Å². The van der Waals surface area contributed by atoms with Crippen LogP contribution in [-0.2, 0) is 19.6 Å². The van der Waals surface area contributed by atoms with Crippen molar-refractivity contribution < 1.29 is 17.9 Å². The Hall–Kier alpha value is -2.19. The van der Waals surface area contributed by atoms with E-state index in [4.69, 9.17) is 16.3 Å². The zero-order chi connectivity index (χ0) is 22.6. The van der Waals surface area contributed by atoms with E-state index < -0.39 is 10.0 Å². The third kappa shape index (κ3) is 5.59. The van der Waals surface area contributed by atoms with E-state index in [1.807, 2.05) is 59.5 Å². The van der Waals surface area contributed by atoms with E-state index in [0.717, 1.165) is 11.1 Å². The highest BCUT2D eigenvalue weighted by molar-refractivity contribution is 7.92. The van der Waals surface area contributed by atoms with Gasteiger partial charge >= 0.3 is 0 Å². The smallest absolute Gasteiger partial charge is 0.236 e. The molecule has 0 saturated carbocycles. The summed E-state index contributed by atoms with van der Waals surface area (Å²) in [6, 6.07) is 16.8. The van der Waals surface area contributed by atoms with E-state index in [2.05, 4.69) is 0 Å². The van der Waals surface area contributed by atoms with Gasteiger partial charge in [-0.15, -0.1) is 0 Å². The molecule has 170 valence electrons. The van der Waals surface area contributed by atoms with Crippen LogP contribution < -0.4 is 0 Å². The quantitative estimate of drug-likeness (QED) is 0.658. The number of benzene rings is 2. The Morgan fingerprint density at radius 3 is 2.38 bits per heavy atom. The van der Waals surface area contributed by atoms with Crippen LogP contribution in [0.25, 0.3) is 6.08 Å². The van der Waals surface area contributed by atoms with Gasteiger partial charge in [0.25, 0.3) is 0 Å². The minimum Gasteiger partial charge on any atom is -0.370 e. The monoisotopic (exact) mass is 474 g/mol. The highest BCUT2D eigenvalue weighted by Crippen LogP contribution is 2.27. The first kappa shape index (κ1) is 23.0. The van der Waals surface area contributed by atoms with E-state index in [1.54, 1.807) is 6.08 Å². The first-order chi connectivity index (χ1) is 15.4. The Bertz CT molecular complexity index is 1050. The van der Waals surface area contributed by atoms with Crippen molar-refractivity contribution in [3.63, 3.8) is 0 Å². The van der Waals surface area contributed by atoms with Crippen LogP contribution in [-0.4, -0.2) is 56.3 Å². The second-order valence-corrected chi connectivity index (χ2v) is 10.4. The predicted molar refractivity (Wildman–Crippen MR) is 125 cm³/mol. The normalized spacial score (nSPS) is 21.2. The third-order valence-corrected chi connectivity index (χ3v) is 7.83. The van der Waals surface area contributed by atoms with Gasteiger partial charge in [0, 0.05) is 36.0 Å². The summed E-state index contributed by atoms with van der Waals surface area (Å²) in [6.45, 7) is 2.24. The average molecular weight is 475 g/mol. The molecule has 1 unspecified atom stereocenters. The molecule has 0 N–H and O–H groups in total. The Balaban J connectivity index is 1.33. The Morgan fingerprint density at radius 1 is 1.00 bits per heavy atom. The molecule has 8 heteroatoms. The molecule has 2 fully saturated rings. The number of ether oxygens (including phenoxy) is 1. The number of sulfonamides is 1. The molecular weight excluding hydrogens is 448 g/mol. The number of hydrogen-bond acceptors (Lipinski definition) is 4. The average Bonchev–Trinajstić information content (AvgIpc) is 2.84. The van der Waals surface area contributed by atoms with Crippen LogP contribution in [0.5, 0.6) is 0 Å². The molecule has 2 aromatic carbocycles. The molecule has 0 radical (unpaired) electrons. The number of halogens is 1. The van der Waals surface area contributed by atoms with Crippen molar-refractivity contribution in [3.05, 3.63) is 76.2 Å². The number of amides is 1. The van der Waals surface area contributed by atoms with Crippen molar-refractivity contribution >= 4 is 33.6 Å². The zero-order valence-corrected chi connectivity index (χ0v) is 19.3. The van der Waals surface area contributed by atoms with Crippen molar-refractivity contribution in [2.24, 2.45) is 5.92 Å². The molecule has 2 heterocycles. The molecule has 2 aliphatic rings. The van der Waals surface area contributed by atoms with Gasteiger partial charge in [-0.2, -0.15) is 4.31 Å². The van der Waals surface area contributed by atoms with Crippen LogP contribution in [0, 0.1) is 5.92 Å². The van der Waals surface area contributed by atoms with Crippen LogP contribution in [0.2, 0.25) is 5.02 Å². The maximum Gasteiger partial charge on any atom is 0.236 e. The second-order valence-electron chi connectivity index (χ2n) is 8.13. The fraction of sp³-hybridized carbons (Fsp3) is 0.375. The van der Waals surface area contributed by atoms with Gasteiger partial charge in [-0.25, -0.2) is 8.42 Å². The van der Waals surface area contributed by atoms with Crippen molar-refractivity contribution in [3.8, 4) is 0 Å². The summed E-state index contributed by atoms with van der Waals surface area (Å²) in [4.78, 5) is 15.0. The topological polar surface area (TPSA) is 66.9 Å². The SMILES string of the molecule is O=C(C1CCN(S(=O)(=O)/C=C/c2ccccc2)CC1)N1CCOC(c2ccc(Cl)cc2)C1. The summed E-state index contributed by atoms with van der Waals surface area (Å²) in [7, 11) is -3.51. The van der Waals surface area contributed by atoms with E-state index >= 15 is 0 Å². The number of nitrogens with zero attached hydrogens (tertiary/aromatic N) is 2. The molecule has 0 spiro atoms. The molecule has 0 aliphatic carbocycles. The van der Waals surface area contributed by atoms with Crippen molar-refractivity contribution in [2.75, 3.05) is 32.8 Å². The highest BCUT2D eigenvalue weighted by atomic mass is 35.5. The van der Waals surface area contributed by atoms with Crippen LogP contribution in [0.4, 0.5) is 0 Å². The lowest BCUT2D eigenvalue weighted by atomic mass is 9.96. The second kappa shape index (κ2) is 10.2. The molecule has 2 saturated heterocycles. The number of hydrogen-bond donors (Lipinski definition) is 0. The minimum absolute atomic E-state index is 0.0872. The van der Waals surface area contributed by atoms with Crippen molar-refractivity contribution in [2.45, 2.75) is 18.9 Å². The molecule has 0 bridgehead atoms. The number of morpholine rings is 1. The summed E-state index contributed by atoms with van der Waals surface area (Å²) in [5.74, 6) is -0.0762. The van der Waals surface area contributed by atoms with Crippen LogP contribution in [0.1, 0.15) is 30.1 Å². The lowest BCUT2D eigenvalue weighted by Gasteiger charge is -2.37.